The molecule has 4 nitrogen and oxygen atoms in total. The highest BCUT2D eigenvalue weighted by Crippen LogP contribution is 2.16. The van der Waals surface area contributed by atoms with Gasteiger partial charge in [0.15, 0.2) is 5.15 Å². The van der Waals surface area contributed by atoms with E-state index in [1.807, 2.05) is 0 Å². The number of pyridine rings is 1. The van der Waals surface area contributed by atoms with Crippen LogP contribution >= 0.6 is 11.6 Å². The Morgan fingerprint density at radius 3 is 3.07 bits per heavy atom. The van der Waals surface area contributed by atoms with Crippen LogP contribution < -0.4 is 5.73 Å². The number of nitrogens with two attached hydrogens (primary N) is 1. The first-order valence-corrected chi connectivity index (χ1v) is 4.65. The number of carbonyl (C=O) groups is 1. The van der Waals surface area contributed by atoms with E-state index in [9.17, 15) is 4.79 Å². The molecule has 80 valence electrons. The minimum absolute atomic E-state index is 0.221. The summed E-state index contributed by atoms with van der Waals surface area (Å²) in [6, 6.07) is 1.68. The lowest BCUT2D eigenvalue weighted by Crippen LogP contribution is -1.96. The Balaban J connectivity index is 2.65. The molecule has 0 spiro atoms. The molecule has 1 heterocycles. The molecule has 1 aromatic heterocycles. The van der Waals surface area contributed by atoms with Gasteiger partial charge in [0.05, 0.1) is 19.2 Å². The molecule has 0 atom stereocenters. The van der Waals surface area contributed by atoms with Crippen molar-refractivity contribution in [2.75, 3.05) is 12.8 Å². The minimum Gasteiger partial charge on any atom is -0.469 e. The van der Waals surface area contributed by atoms with E-state index in [1.165, 1.54) is 7.11 Å². The Hall–Kier alpha value is -1.55. The number of carbonyl (C=O) groups excluding carboxylic acids is 1. The number of hydrogen-bond acceptors (Lipinski definition) is 4. The normalized spacial score (nSPS) is 10.5. The van der Waals surface area contributed by atoms with Crippen molar-refractivity contribution in [3.8, 4) is 0 Å². The minimum atomic E-state index is -0.291. The van der Waals surface area contributed by atoms with Crippen LogP contribution in [0.4, 0.5) is 5.69 Å². The number of halogens is 1. The van der Waals surface area contributed by atoms with Gasteiger partial charge in [0, 0.05) is 6.20 Å². The molecule has 0 unspecified atom stereocenters. The van der Waals surface area contributed by atoms with Gasteiger partial charge in [0.1, 0.15) is 0 Å². The van der Waals surface area contributed by atoms with Crippen LogP contribution in [0.5, 0.6) is 0 Å². The van der Waals surface area contributed by atoms with Crippen LogP contribution in [0.2, 0.25) is 5.15 Å². The average molecular weight is 227 g/mol. The van der Waals surface area contributed by atoms with Crippen LogP contribution in [0.1, 0.15) is 12.0 Å². The fourth-order valence-electron chi connectivity index (χ4n) is 0.948. The van der Waals surface area contributed by atoms with E-state index in [0.29, 0.717) is 5.69 Å². The van der Waals surface area contributed by atoms with E-state index in [-0.39, 0.29) is 17.5 Å². The smallest absolute Gasteiger partial charge is 0.309 e. The second-order valence-corrected chi connectivity index (χ2v) is 3.19. The molecule has 0 aliphatic rings. The van der Waals surface area contributed by atoms with E-state index in [2.05, 4.69) is 9.72 Å². The highest BCUT2D eigenvalue weighted by atomic mass is 35.5. The van der Waals surface area contributed by atoms with Crippen LogP contribution in [-0.4, -0.2) is 18.1 Å². The third-order valence-corrected chi connectivity index (χ3v) is 2.03. The maximum atomic E-state index is 10.8. The van der Waals surface area contributed by atoms with Crippen molar-refractivity contribution in [3.05, 3.63) is 29.1 Å². The second-order valence-electron chi connectivity index (χ2n) is 2.83. The zero-order chi connectivity index (χ0) is 11.3. The van der Waals surface area contributed by atoms with E-state index in [1.54, 1.807) is 24.4 Å². The maximum absolute atomic E-state index is 10.8. The molecule has 0 fully saturated rings. The van der Waals surface area contributed by atoms with Gasteiger partial charge >= 0.3 is 5.97 Å². The molecule has 5 heteroatoms. The molecule has 0 amide bonds. The lowest BCUT2D eigenvalue weighted by molar-refractivity contribution is -0.139. The van der Waals surface area contributed by atoms with Gasteiger partial charge in [-0.1, -0.05) is 23.8 Å². The van der Waals surface area contributed by atoms with Gasteiger partial charge in [0.25, 0.3) is 0 Å². The maximum Gasteiger partial charge on any atom is 0.309 e. The van der Waals surface area contributed by atoms with Crippen molar-refractivity contribution < 1.29 is 9.53 Å². The lowest BCUT2D eigenvalue weighted by Gasteiger charge is -1.98. The molecular weight excluding hydrogens is 216 g/mol. The number of rotatable bonds is 3. The molecule has 0 aliphatic heterocycles. The molecular formula is C10H11ClN2O2. The summed E-state index contributed by atoms with van der Waals surface area (Å²) in [5, 5.41) is 0.278. The van der Waals surface area contributed by atoms with Gasteiger partial charge in [-0.3, -0.25) is 4.79 Å². The molecule has 1 aromatic rings. The van der Waals surface area contributed by atoms with Crippen molar-refractivity contribution in [2.45, 2.75) is 6.42 Å². The molecule has 0 bridgehead atoms. The summed E-state index contributed by atoms with van der Waals surface area (Å²) in [6.45, 7) is 0. The number of esters is 1. The molecule has 0 aromatic carbocycles. The summed E-state index contributed by atoms with van der Waals surface area (Å²) < 4.78 is 4.48. The summed E-state index contributed by atoms with van der Waals surface area (Å²) in [5.74, 6) is -0.291. The van der Waals surface area contributed by atoms with Gasteiger partial charge in [-0.05, 0) is 11.6 Å². The number of aromatic nitrogens is 1. The van der Waals surface area contributed by atoms with Gasteiger partial charge in [0.2, 0.25) is 0 Å². The van der Waals surface area contributed by atoms with Gasteiger partial charge in [-0.15, -0.1) is 0 Å². The molecule has 0 saturated heterocycles. The SMILES string of the molecule is COC(=O)CC=Cc1cnc(Cl)c(N)c1. The summed E-state index contributed by atoms with van der Waals surface area (Å²) in [4.78, 5) is 14.7. The first kappa shape index (κ1) is 11.5. The van der Waals surface area contributed by atoms with Crippen molar-refractivity contribution in [1.82, 2.24) is 4.98 Å². The average Bonchev–Trinajstić information content (AvgIpc) is 2.23. The predicted octanol–water partition coefficient (Wildman–Crippen LogP) is 1.89. The molecule has 0 saturated carbocycles. The number of nitrogens with zero attached hydrogens (tertiary/aromatic N) is 1. The zero-order valence-corrected chi connectivity index (χ0v) is 8.99. The van der Waals surface area contributed by atoms with Gasteiger partial charge in [-0.2, -0.15) is 0 Å². The fraction of sp³-hybridized carbons (Fsp3) is 0.200. The molecule has 0 radical (unpaired) electrons. The second kappa shape index (κ2) is 5.36. The Morgan fingerprint density at radius 1 is 1.73 bits per heavy atom. The van der Waals surface area contributed by atoms with E-state index in [0.717, 1.165) is 5.56 Å². The third kappa shape index (κ3) is 3.59. The Kier molecular flexibility index (Phi) is 4.12. The first-order chi connectivity index (χ1) is 7.13. The standard InChI is InChI=1S/C10H11ClN2O2/c1-15-9(14)4-2-3-7-5-8(12)10(11)13-6-7/h2-3,5-6H,4,12H2,1H3. The van der Waals surface area contributed by atoms with Crippen molar-refractivity contribution in [1.29, 1.82) is 0 Å². The van der Waals surface area contributed by atoms with E-state index < -0.39 is 0 Å². The third-order valence-electron chi connectivity index (χ3n) is 1.71. The number of ether oxygens (including phenoxy) is 1. The number of methoxy groups -OCH3 is 1. The van der Waals surface area contributed by atoms with Crippen LogP contribution in [-0.2, 0) is 9.53 Å². The van der Waals surface area contributed by atoms with Crippen molar-refractivity contribution in [2.24, 2.45) is 0 Å². The number of anilines is 1. The van der Waals surface area contributed by atoms with Crippen molar-refractivity contribution in [3.63, 3.8) is 0 Å². The van der Waals surface area contributed by atoms with Gasteiger partial charge in [-0.25, -0.2) is 4.98 Å². The Morgan fingerprint density at radius 2 is 2.47 bits per heavy atom. The monoisotopic (exact) mass is 226 g/mol. The van der Waals surface area contributed by atoms with E-state index in [4.69, 9.17) is 17.3 Å². The molecule has 1 rings (SSSR count). The molecule has 15 heavy (non-hydrogen) atoms. The van der Waals surface area contributed by atoms with Crippen molar-refractivity contribution >= 4 is 29.3 Å². The first-order valence-electron chi connectivity index (χ1n) is 4.28. The van der Waals surface area contributed by atoms with Crippen LogP contribution in [0.25, 0.3) is 6.08 Å². The Bertz CT molecular complexity index is 391. The zero-order valence-electron chi connectivity index (χ0n) is 8.24. The summed E-state index contributed by atoms with van der Waals surface area (Å²) in [6.07, 6.45) is 5.21. The highest BCUT2D eigenvalue weighted by molar-refractivity contribution is 6.31. The van der Waals surface area contributed by atoms with Crippen LogP contribution in [0, 0.1) is 0 Å². The predicted molar refractivity (Wildman–Crippen MR) is 59.3 cm³/mol. The highest BCUT2D eigenvalue weighted by Gasteiger charge is 1.98. The lowest BCUT2D eigenvalue weighted by atomic mass is 10.2. The topological polar surface area (TPSA) is 65.2 Å². The largest absolute Gasteiger partial charge is 0.469 e. The quantitative estimate of drug-likeness (QED) is 0.632. The van der Waals surface area contributed by atoms with Crippen LogP contribution in [0.15, 0.2) is 18.3 Å². The molecule has 2 N–H and O–H groups in total. The Labute approximate surface area is 92.7 Å². The van der Waals surface area contributed by atoms with Crippen LogP contribution in [0.3, 0.4) is 0 Å². The summed E-state index contributed by atoms with van der Waals surface area (Å²) >= 11 is 5.65. The van der Waals surface area contributed by atoms with Gasteiger partial charge < -0.3 is 10.5 Å². The number of hydrogen-bond donors (Lipinski definition) is 1. The fourth-order valence-corrected chi connectivity index (χ4v) is 1.05. The number of nitrogen functional groups attached to an aromatic ring is 1. The summed E-state index contributed by atoms with van der Waals surface area (Å²) in [5.41, 5.74) is 6.76. The van der Waals surface area contributed by atoms with E-state index >= 15 is 0 Å². The molecule has 0 aliphatic carbocycles. The summed E-state index contributed by atoms with van der Waals surface area (Å²) in [7, 11) is 1.35.